The van der Waals surface area contributed by atoms with E-state index >= 15 is 0 Å². The van der Waals surface area contributed by atoms with Crippen molar-refractivity contribution in [2.75, 3.05) is 14.2 Å². The van der Waals surface area contributed by atoms with Crippen LogP contribution in [0.5, 0.6) is 0 Å². The summed E-state index contributed by atoms with van der Waals surface area (Å²) in [5.74, 6) is -0.151. The molecule has 11 heavy (non-hydrogen) atoms. The number of rotatable bonds is 4. The van der Waals surface area contributed by atoms with Crippen molar-refractivity contribution in [3.8, 4) is 0 Å². The van der Waals surface area contributed by atoms with Crippen LogP contribution >= 0.6 is 0 Å². The van der Waals surface area contributed by atoms with E-state index in [-0.39, 0.29) is 11.4 Å². The van der Waals surface area contributed by atoms with Crippen LogP contribution < -0.4 is 0 Å². The third-order valence-electron chi connectivity index (χ3n) is 1.67. The highest BCUT2D eigenvalue weighted by Gasteiger charge is 2.27. The normalized spacial score (nSPS) is 12.4. The summed E-state index contributed by atoms with van der Waals surface area (Å²) in [6.45, 7) is 3.76. The molecule has 66 valence electrons. The zero-order valence-electron chi connectivity index (χ0n) is 7.64. The summed E-state index contributed by atoms with van der Waals surface area (Å²) >= 11 is 0. The number of hydrogen-bond acceptors (Lipinski definition) is 3. The molecule has 0 aliphatic carbocycles. The lowest BCUT2D eigenvalue weighted by Gasteiger charge is -2.19. The molecule has 0 aliphatic rings. The molecule has 0 saturated carbocycles. The van der Waals surface area contributed by atoms with Gasteiger partial charge in [0.1, 0.15) is 0 Å². The van der Waals surface area contributed by atoms with Gasteiger partial charge < -0.3 is 9.16 Å². The smallest absolute Gasteiger partial charge is 0.311 e. The van der Waals surface area contributed by atoms with E-state index in [2.05, 4.69) is 4.74 Å². The van der Waals surface area contributed by atoms with Gasteiger partial charge in [-0.3, -0.25) is 4.79 Å². The van der Waals surface area contributed by atoms with Crippen molar-refractivity contribution in [1.29, 1.82) is 0 Å². The van der Waals surface area contributed by atoms with E-state index in [1.54, 1.807) is 7.11 Å². The summed E-state index contributed by atoms with van der Waals surface area (Å²) in [6, 6.07) is 0.830. The Morgan fingerprint density at radius 3 is 2.36 bits per heavy atom. The molecule has 0 radical (unpaired) electrons. The second kappa shape index (κ2) is 4.51. The zero-order chi connectivity index (χ0) is 8.91. The standard InChI is InChI=1S/C7H16O3Si/c1-7(2,5-11-10-4)6(8)9-3/h5,11H2,1-4H3. The van der Waals surface area contributed by atoms with Crippen molar-refractivity contribution < 1.29 is 14.0 Å². The van der Waals surface area contributed by atoms with Gasteiger partial charge in [-0.2, -0.15) is 0 Å². The summed E-state index contributed by atoms with van der Waals surface area (Å²) in [4.78, 5) is 11.1. The van der Waals surface area contributed by atoms with Gasteiger partial charge in [0.2, 0.25) is 0 Å². The van der Waals surface area contributed by atoms with Gasteiger partial charge in [0.25, 0.3) is 0 Å². The Morgan fingerprint density at radius 2 is 2.00 bits per heavy atom. The summed E-state index contributed by atoms with van der Waals surface area (Å²) in [5, 5.41) is 0. The number of esters is 1. The predicted octanol–water partition coefficient (Wildman–Crippen LogP) is 0.334. The van der Waals surface area contributed by atoms with Gasteiger partial charge in [-0.25, -0.2) is 0 Å². The quantitative estimate of drug-likeness (QED) is 0.457. The van der Waals surface area contributed by atoms with Gasteiger partial charge in [-0.15, -0.1) is 0 Å². The topological polar surface area (TPSA) is 35.5 Å². The highest BCUT2D eigenvalue weighted by Crippen LogP contribution is 2.21. The molecule has 0 aromatic heterocycles. The summed E-state index contributed by atoms with van der Waals surface area (Å²) in [5.41, 5.74) is -0.364. The van der Waals surface area contributed by atoms with E-state index < -0.39 is 9.76 Å². The minimum atomic E-state index is -0.535. The maximum atomic E-state index is 11.1. The Hall–Kier alpha value is -0.353. The molecule has 0 aromatic carbocycles. The summed E-state index contributed by atoms with van der Waals surface area (Å²) in [6.07, 6.45) is 0. The molecule has 0 spiro atoms. The average Bonchev–Trinajstić information content (AvgIpc) is 1.99. The van der Waals surface area contributed by atoms with Gasteiger partial charge in [-0.05, 0) is 19.9 Å². The first-order chi connectivity index (χ1) is 5.04. The predicted molar refractivity (Wildman–Crippen MR) is 46.2 cm³/mol. The van der Waals surface area contributed by atoms with Crippen molar-refractivity contribution in [3.05, 3.63) is 0 Å². The lowest BCUT2D eigenvalue weighted by atomic mass is 9.97. The van der Waals surface area contributed by atoms with Gasteiger partial charge in [-0.1, -0.05) is 0 Å². The third kappa shape index (κ3) is 3.53. The molecule has 0 aliphatic heterocycles. The van der Waals surface area contributed by atoms with Crippen LogP contribution in [0.3, 0.4) is 0 Å². The Morgan fingerprint density at radius 1 is 1.45 bits per heavy atom. The molecule has 0 N–H and O–H groups in total. The Balaban J connectivity index is 3.88. The van der Waals surface area contributed by atoms with E-state index in [1.165, 1.54) is 7.11 Å². The van der Waals surface area contributed by atoms with E-state index in [4.69, 9.17) is 4.43 Å². The monoisotopic (exact) mass is 176 g/mol. The van der Waals surface area contributed by atoms with Gasteiger partial charge in [0, 0.05) is 7.11 Å². The van der Waals surface area contributed by atoms with Crippen LogP contribution in [0, 0.1) is 5.41 Å². The molecular formula is C7H16O3Si. The van der Waals surface area contributed by atoms with E-state index in [0.717, 1.165) is 6.04 Å². The number of carbonyl (C=O) groups is 1. The van der Waals surface area contributed by atoms with E-state index in [1.807, 2.05) is 13.8 Å². The first-order valence-corrected chi connectivity index (χ1v) is 5.19. The minimum absolute atomic E-state index is 0.151. The van der Waals surface area contributed by atoms with Crippen molar-refractivity contribution in [2.45, 2.75) is 19.9 Å². The van der Waals surface area contributed by atoms with Gasteiger partial charge >= 0.3 is 5.97 Å². The lowest BCUT2D eigenvalue weighted by molar-refractivity contribution is -0.149. The number of methoxy groups -OCH3 is 1. The van der Waals surface area contributed by atoms with Crippen LogP contribution in [0.25, 0.3) is 0 Å². The van der Waals surface area contributed by atoms with E-state index in [0.29, 0.717) is 0 Å². The Bertz CT molecular complexity index is 134. The fourth-order valence-corrected chi connectivity index (χ4v) is 1.65. The third-order valence-corrected chi connectivity index (χ3v) is 3.53. The maximum Gasteiger partial charge on any atom is 0.311 e. The highest BCUT2D eigenvalue weighted by molar-refractivity contribution is 6.28. The molecule has 4 heteroatoms. The zero-order valence-corrected chi connectivity index (χ0v) is 9.05. The van der Waals surface area contributed by atoms with Crippen molar-refractivity contribution in [3.63, 3.8) is 0 Å². The number of ether oxygens (including phenoxy) is 1. The fourth-order valence-electron chi connectivity index (χ4n) is 0.736. The SMILES string of the molecule is CO[SiH2]CC(C)(C)C(=O)OC. The number of hydrogen-bond donors (Lipinski definition) is 0. The minimum Gasteiger partial charge on any atom is -0.469 e. The summed E-state index contributed by atoms with van der Waals surface area (Å²) < 4.78 is 9.64. The average molecular weight is 176 g/mol. The maximum absolute atomic E-state index is 11.1. The summed E-state index contributed by atoms with van der Waals surface area (Å²) in [7, 11) is 2.56. The van der Waals surface area contributed by atoms with Crippen LogP contribution in [-0.2, 0) is 14.0 Å². The first kappa shape index (κ1) is 10.6. The van der Waals surface area contributed by atoms with Crippen molar-refractivity contribution in [2.24, 2.45) is 5.41 Å². The van der Waals surface area contributed by atoms with Crippen LogP contribution in [0.1, 0.15) is 13.8 Å². The van der Waals surface area contributed by atoms with Crippen LogP contribution in [0.4, 0.5) is 0 Å². The van der Waals surface area contributed by atoms with Crippen LogP contribution in [0.2, 0.25) is 6.04 Å². The molecule has 0 fully saturated rings. The van der Waals surface area contributed by atoms with Gasteiger partial charge in [0.05, 0.1) is 12.5 Å². The molecule has 0 unspecified atom stereocenters. The molecule has 0 bridgehead atoms. The second-order valence-corrected chi connectivity index (χ2v) is 4.60. The van der Waals surface area contributed by atoms with Crippen molar-refractivity contribution in [1.82, 2.24) is 0 Å². The molecule has 0 atom stereocenters. The van der Waals surface area contributed by atoms with Crippen LogP contribution in [-0.4, -0.2) is 30.0 Å². The Labute approximate surface area is 70.0 Å². The first-order valence-electron chi connectivity index (χ1n) is 3.62. The van der Waals surface area contributed by atoms with Gasteiger partial charge in [0.15, 0.2) is 9.76 Å². The Kier molecular flexibility index (Phi) is 4.36. The largest absolute Gasteiger partial charge is 0.469 e. The molecule has 0 rings (SSSR count). The highest BCUT2D eigenvalue weighted by atomic mass is 28.2. The molecule has 0 heterocycles. The molecule has 3 nitrogen and oxygen atoms in total. The molecule has 0 aromatic rings. The molecular weight excluding hydrogens is 160 g/mol. The van der Waals surface area contributed by atoms with E-state index in [9.17, 15) is 4.79 Å². The number of carbonyl (C=O) groups excluding carboxylic acids is 1. The fraction of sp³-hybridized carbons (Fsp3) is 0.857. The molecule has 0 amide bonds. The van der Waals surface area contributed by atoms with Crippen molar-refractivity contribution >= 4 is 15.7 Å². The van der Waals surface area contributed by atoms with Crippen LogP contribution in [0.15, 0.2) is 0 Å². The second-order valence-electron chi connectivity index (χ2n) is 3.12. The lowest BCUT2D eigenvalue weighted by Crippen LogP contribution is -2.27. The molecule has 0 saturated heterocycles.